The molecule has 4 atom stereocenters. The molecule has 0 saturated heterocycles. The number of carbonyl (C=O) groups excluding carboxylic acids is 1. The fourth-order valence-corrected chi connectivity index (χ4v) is 1.76. The van der Waals surface area contributed by atoms with Crippen LogP contribution in [0.15, 0.2) is 30.3 Å². The molecule has 7 heteroatoms. The minimum atomic E-state index is -1.89. The number of hydrogen-bond acceptors (Lipinski definition) is 6. The summed E-state index contributed by atoms with van der Waals surface area (Å²) in [7, 11) is 0. The maximum atomic E-state index is 11.6. The Bertz CT molecular complexity index is 427. The molecule has 0 heterocycles. The Balaban J connectivity index is 2.40. The minimum absolute atomic E-state index is 0.255. The summed E-state index contributed by atoms with van der Waals surface area (Å²) in [5.41, 5.74) is 1.00. The maximum Gasteiger partial charge on any atom is 0.251 e. The van der Waals surface area contributed by atoms with Crippen molar-refractivity contribution in [2.45, 2.75) is 30.8 Å². The molecule has 1 aromatic carbocycles. The van der Waals surface area contributed by atoms with E-state index in [4.69, 9.17) is 10.2 Å². The van der Waals surface area contributed by atoms with Crippen molar-refractivity contribution in [2.75, 3.05) is 13.2 Å². The van der Waals surface area contributed by atoms with Crippen LogP contribution in [0.3, 0.4) is 0 Å². The number of rotatable bonds is 8. The van der Waals surface area contributed by atoms with Gasteiger partial charge in [0.15, 0.2) is 6.10 Å². The smallest absolute Gasteiger partial charge is 0.251 e. The van der Waals surface area contributed by atoms with Crippen LogP contribution in [0.5, 0.6) is 0 Å². The van der Waals surface area contributed by atoms with E-state index >= 15 is 0 Å². The number of nitrogens with one attached hydrogen (secondary N) is 1. The highest BCUT2D eigenvalue weighted by atomic mass is 16.4. The van der Waals surface area contributed by atoms with Crippen LogP contribution < -0.4 is 5.32 Å². The number of amides is 1. The Hall–Kier alpha value is -1.51. The second kappa shape index (κ2) is 8.71. The van der Waals surface area contributed by atoms with Gasteiger partial charge >= 0.3 is 0 Å². The van der Waals surface area contributed by atoms with Crippen molar-refractivity contribution in [1.29, 1.82) is 0 Å². The first-order valence-corrected chi connectivity index (χ1v) is 6.62. The van der Waals surface area contributed by atoms with Crippen LogP contribution in [0, 0.1) is 0 Å². The molecule has 7 nitrogen and oxygen atoms in total. The Morgan fingerprint density at radius 1 is 1.05 bits per heavy atom. The van der Waals surface area contributed by atoms with Crippen molar-refractivity contribution >= 4 is 5.91 Å². The Kier molecular flexibility index (Phi) is 7.27. The summed E-state index contributed by atoms with van der Waals surface area (Å²) < 4.78 is 0. The van der Waals surface area contributed by atoms with Gasteiger partial charge in [0.05, 0.1) is 6.61 Å². The molecule has 21 heavy (non-hydrogen) atoms. The van der Waals surface area contributed by atoms with Gasteiger partial charge in [-0.2, -0.15) is 0 Å². The van der Waals surface area contributed by atoms with Crippen LogP contribution >= 0.6 is 0 Å². The average molecular weight is 299 g/mol. The van der Waals surface area contributed by atoms with Crippen LogP contribution in [-0.4, -0.2) is 69.0 Å². The fourth-order valence-electron chi connectivity index (χ4n) is 1.76. The Labute approximate surface area is 122 Å². The van der Waals surface area contributed by atoms with E-state index in [2.05, 4.69) is 5.32 Å². The van der Waals surface area contributed by atoms with Gasteiger partial charge < -0.3 is 30.8 Å². The zero-order valence-electron chi connectivity index (χ0n) is 11.5. The molecule has 1 amide bonds. The SMILES string of the molecule is O=C(NCCc1ccccc1)[C@H](O)[C@@H](O)[C@H](O)[C@H](O)CO. The zero-order valence-corrected chi connectivity index (χ0v) is 11.5. The molecule has 0 fully saturated rings. The molecular formula is C14H21NO6. The standard InChI is InChI=1S/C14H21NO6/c16-8-10(17)11(18)12(19)13(20)14(21)15-7-6-9-4-2-1-3-5-9/h1-5,10-13,16-20H,6-8H2,(H,15,21)/t10-,11-,12+,13-/m1/s1. The monoisotopic (exact) mass is 299 g/mol. The average Bonchev–Trinajstić information content (AvgIpc) is 2.52. The third-order valence-electron chi connectivity index (χ3n) is 3.08. The van der Waals surface area contributed by atoms with Crippen molar-refractivity contribution < 1.29 is 30.3 Å². The van der Waals surface area contributed by atoms with Crippen molar-refractivity contribution in [3.05, 3.63) is 35.9 Å². The molecule has 0 spiro atoms. The van der Waals surface area contributed by atoms with E-state index in [0.717, 1.165) is 5.56 Å². The lowest BCUT2D eigenvalue weighted by molar-refractivity contribution is -0.148. The van der Waals surface area contributed by atoms with Crippen molar-refractivity contribution in [2.24, 2.45) is 0 Å². The van der Waals surface area contributed by atoms with E-state index in [0.29, 0.717) is 6.42 Å². The molecule has 0 aliphatic rings. The van der Waals surface area contributed by atoms with Gasteiger partial charge in [0, 0.05) is 6.54 Å². The number of carbonyl (C=O) groups is 1. The van der Waals surface area contributed by atoms with E-state index in [-0.39, 0.29) is 6.54 Å². The molecule has 118 valence electrons. The molecule has 0 unspecified atom stereocenters. The first kappa shape index (κ1) is 17.5. The van der Waals surface area contributed by atoms with E-state index < -0.39 is 36.9 Å². The highest BCUT2D eigenvalue weighted by Gasteiger charge is 2.33. The predicted molar refractivity (Wildman–Crippen MR) is 74.3 cm³/mol. The van der Waals surface area contributed by atoms with Gasteiger partial charge in [-0.1, -0.05) is 30.3 Å². The van der Waals surface area contributed by atoms with Crippen LogP contribution in [0.4, 0.5) is 0 Å². The fraction of sp³-hybridized carbons (Fsp3) is 0.500. The zero-order chi connectivity index (χ0) is 15.8. The highest BCUT2D eigenvalue weighted by Crippen LogP contribution is 2.05. The number of aliphatic hydroxyl groups is 5. The Morgan fingerprint density at radius 3 is 2.24 bits per heavy atom. The predicted octanol–water partition coefficient (Wildman–Crippen LogP) is -2.22. The summed E-state index contributed by atoms with van der Waals surface area (Å²) >= 11 is 0. The second-order valence-electron chi connectivity index (χ2n) is 4.70. The molecule has 0 aliphatic carbocycles. The quantitative estimate of drug-likeness (QED) is 0.322. The lowest BCUT2D eigenvalue weighted by Gasteiger charge is -2.24. The van der Waals surface area contributed by atoms with Crippen LogP contribution in [0.1, 0.15) is 5.56 Å². The van der Waals surface area contributed by atoms with Gasteiger partial charge in [0.1, 0.15) is 18.3 Å². The summed E-state index contributed by atoms with van der Waals surface area (Å²) in [6.45, 7) is -0.536. The topological polar surface area (TPSA) is 130 Å². The van der Waals surface area contributed by atoms with Crippen molar-refractivity contribution in [1.82, 2.24) is 5.32 Å². The summed E-state index contributed by atoms with van der Waals surface area (Å²) in [6, 6.07) is 9.37. The van der Waals surface area contributed by atoms with Gasteiger partial charge in [-0.25, -0.2) is 0 Å². The van der Waals surface area contributed by atoms with Gasteiger partial charge in [0.2, 0.25) is 0 Å². The van der Waals surface area contributed by atoms with E-state index in [1.165, 1.54) is 0 Å². The number of benzene rings is 1. The highest BCUT2D eigenvalue weighted by molar-refractivity contribution is 5.81. The third-order valence-corrected chi connectivity index (χ3v) is 3.08. The largest absolute Gasteiger partial charge is 0.394 e. The first-order valence-electron chi connectivity index (χ1n) is 6.62. The van der Waals surface area contributed by atoms with E-state index in [1.807, 2.05) is 30.3 Å². The molecular weight excluding hydrogens is 278 g/mol. The van der Waals surface area contributed by atoms with E-state index in [1.54, 1.807) is 0 Å². The maximum absolute atomic E-state index is 11.6. The van der Waals surface area contributed by atoms with Crippen molar-refractivity contribution in [3.63, 3.8) is 0 Å². The number of hydrogen-bond donors (Lipinski definition) is 6. The van der Waals surface area contributed by atoms with Gasteiger partial charge in [-0.05, 0) is 12.0 Å². The van der Waals surface area contributed by atoms with Gasteiger partial charge in [-0.15, -0.1) is 0 Å². The Morgan fingerprint density at radius 2 is 1.67 bits per heavy atom. The van der Waals surface area contributed by atoms with E-state index in [9.17, 15) is 20.1 Å². The summed E-state index contributed by atoms with van der Waals surface area (Å²) in [6.07, 6.45) is -6.67. The third kappa shape index (κ3) is 5.41. The number of aliphatic hydroxyl groups excluding tert-OH is 5. The molecule has 0 saturated carbocycles. The molecule has 1 aromatic rings. The van der Waals surface area contributed by atoms with Crippen LogP contribution in [0.25, 0.3) is 0 Å². The van der Waals surface area contributed by atoms with Crippen LogP contribution in [0.2, 0.25) is 0 Å². The molecule has 6 N–H and O–H groups in total. The molecule has 0 radical (unpaired) electrons. The normalized spacial score (nSPS) is 16.8. The lowest BCUT2D eigenvalue weighted by Crippen LogP contribution is -2.51. The van der Waals surface area contributed by atoms with Crippen molar-refractivity contribution in [3.8, 4) is 0 Å². The molecule has 0 aromatic heterocycles. The first-order chi connectivity index (χ1) is 9.97. The summed E-state index contributed by atoms with van der Waals surface area (Å²) in [5, 5.41) is 48.7. The lowest BCUT2D eigenvalue weighted by atomic mass is 10.0. The van der Waals surface area contributed by atoms with Gasteiger partial charge in [-0.3, -0.25) is 4.79 Å². The summed E-state index contributed by atoms with van der Waals surface area (Å²) in [4.78, 5) is 11.6. The molecule has 0 aliphatic heterocycles. The molecule has 1 rings (SSSR count). The van der Waals surface area contributed by atoms with Crippen LogP contribution in [-0.2, 0) is 11.2 Å². The van der Waals surface area contributed by atoms with Gasteiger partial charge in [0.25, 0.3) is 5.91 Å². The second-order valence-corrected chi connectivity index (χ2v) is 4.70. The minimum Gasteiger partial charge on any atom is -0.394 e. The molecule has 0 bridgehead atoms. The summed E-state index contributed by atoms with van der Waals surface area (Å²) in [5.74, 6) is -0.859.